The number of fused-ring (bicyclic) bond motifs is 1. The molecule has 0 saturated heterocycles. The zero-order valence-electron chi connectivity index (χ0n) is 13.2. The molecule has 4 nitrogen and oxygen atoms in total. The van der Waals surface area contributed by atoms with Crippen molar-refractivity contribution in [1.82, 2.24) is 9.97 Å². The third-order valence-electron chi connectivity index (χ3n) is 4.55. The molecule has 1 N–H and O–H groups in total. The summed E-state index contributed by atoms with van der Waals surface area (Å²) < 4.78 is 0. The number of anilines is 2. The molecule has 2 aromatic rings. The van der Waals surface area contributed by atoms with E-state index in [1.54, 1.807) is 0 Å². The highest BCUT2D eigenvalue weighted by Gasteiger charge is 2.25. The SMILES string of the molecule is Cc1nc(NC2CC2)cc(N2Cc3ccccc3C[C@@H]2C)n1. The number of nitrogens with zero attached hydrogens (tertiary/aromatic N) is 3. The summed E-state index contributed by atoms with van der Waals surface area (Å²) in [6.45, 7) is 5.18. The summed E-state index contributed by atoms with van der Waals surface area (Å²) in [7, 11) is 0. The fraction of sp³-hybridized carbons (Fsp3) is 0.444. The average molecular weight is 294 g/mol. The molecule has 1 aliphatic carbocycles. The fourth-order valence-electron chi connectivity index (χ4n) is 3.20. The molecular formula is C18H22N4. The molecule has 2 aliphatic rings. The van der Waals surface area contributed by atoms with Crippen LogP contribution in [0.15, 0.2) is 30.3 Å². The van der Waals surface area contributed by atoms with E-state index in [9.17, 15) is 0 Å². The first-order valence-electron chi connectivity index (χ1n) is 8.15. The van der Waals surface area contributed by atoms with Gasteiger partial charge in [0.25, 0.3) is 0 Å². The summed E-state index contributed by atoms with van der Waals surface area (Å²) in [6.07, 6.45) is 3.59. The summed E-state index contributed by atoms with van der Waals surface area (Å²) in [6, 6.07) is 11.9. The summed E-state index contributed by atoms with van der Waals surface area (Å²) in [4.78, 5) is 11.6. The van der Waals surface area contributed by atoms with E-state index in [1.165, 1.54) is 24.0 Å². The second-order valence-corrected chi connectivity index (χ2v) is 6.53. The first-order chi connectivity index (χ1) is 10.7. The molecule has 1 fully saturated rings. The van der Waals surface area contributed by atoms with Crippen molar-refractivity contribution < 1.29 is 0 Å². The number of aromatic nitrogens is 2. The highest BCUT2D eigenvalue weighted by atomic mass is 15.2. The Morgan fingerprint density at radius 3 is 2.68 bits per heavy atom. The predicted molar refractivity (Wildman–Crippen MR) is 89.2 cm³/mol. The van der Waals surface area contributed by atoms with Crippen LogP contribution in [0.1, 0.15) is 36.7 Å². The Morgan fingerprint density at radius 2 is 1.91 bits per heavy atom. The van der Waals surface area contributed by atoms with Crippen molar-refractivity contribution in [3.05, 3.63) is 47.3 Å². The van der Waals surface area contributed by atoms with Gasteiger partial charge >= 0.3 is 0 Å². The van der Waals surface area contributed by atoms with Crippen molar-refractivity contribution in [1.29, 1.82) is 0 Å². The van der Waals surface area contributed by atoms with Crippen molar-refractivity contribution in [2.45, 2.75) is 51.7 Å². The molecule has 4 rings (SSSR count). The Labute approximate surface area is 131 Å². The molecule has 114 valence electrons. The van der Waals surface area contributed by atoms with Crippen LogP contribution in [-0.4, -0.2) is 22.1 Å². The number of hydrogen-bond acceptors (Lipinski definition) is 4. The van der Waals surface area contributed by atoms with E-state index < -0.39 is 0 Å². The summed E-state index contributed by atoms with van der Waals surface area (Å²) in [5.41, 5.74) is 2.88. The zero-order chi connectivity index (χ0) is 15.1. The molecule has 0 radical (unpaired) electrons. The molecule has 0 unspecified atom stereocenters. The van der Waals surface area contributed by atoms with E-state index >= 15 is 0 Å². The number of aryl methyl sites for hydroxylation is 1. The Morgan fingerprint density at radius 1 is 1.14 bits per heavy atom. The molecule has 22 heavy (non-hydrogen) atoms. The third-order valence-corrected chi connectivity index (χ3v) is 4.55. The molecule has 1 saturated carbocycles. The highest BCUT2D eigenvalue weighted by molar-refractivity contribution is 5.53. The van der Waals surface area contributed by atoms with Crippen LogP contribution < -0.4 is 10.2 Å². The van der Waals surface area contributed by atoms with Gasteiger partial charge in [-0.3, -0.25) is 0 Å². The van der Waals surface area contributed by atoms with Gasteiger partial charge in [-0.05, 0) is 44.2 Å². The largest absolute Gasteiger partial charge is 0.367 e. The molecule has 1 aromatic heterocycles. The molecule has 1 aromatic carbocycles. The minimum absolute atomic E-state index is 0.456. The van der Waals surface area contributed by atoms with Crippen molar-refractivity contribution in [3.8, 4) is 0 Å². The second kappa shape index (κ2) is 5.27. The van der Waals surface area contributed by atoms with Crippen molar-refractivity contribution >= 4 is 11.6 Å². The lowest BCUT2D eigenvalue weighted by molar-refractivity contribution is 0.585. The van der Waals surface area contributed by atoms with Gasteiger partial charge in [0.05, 0.1) is 0 Å². The zero-order valence-corrected chi connectivity index (χ0v) is 13.2. The lowest BCUT2D eigenvalue weighted by atomic mass is 9.95. The topological polar surface area (TPSA) is 41.1 Å². The maximum atomic E-state index is 4.68. The highest BCUT2D eigenvalue weighted by Crippen LogP contribution is 2.30. The first kappa shape index (κ1) is 13.6. The van der Waals surface area contributed by atoms with Gasteiger partial charge in [0.1, 0.15) is 17.5 Å². The molecule has 0 spiro atoms. The van der Waals surface area contributed by atoms with E-state index in [0.29, 0.717) is 12.1 Å². The van der Waals surface area contributed by atoms with Crippen LogP contribution in [0.4, 0.5) is 11.6 Å². The van der Waals surface area contributed by atoms with Gasteiger partial charge in [0, 0.05) is 24.7 Å². The average Bonchev–Trinajstić information content (AvgIpc) is 3.30. The van der Waals surface area contributed by atoms with E-state index in [4.69, 9.17) is 0 Å². The van der Waals surface area contributed by atoms with Crippen LogP contribution >= 0.6 is 0 Å². The first-order valence-corrected chi connectivity index (χ1v) is 8.15. The fourth-order valence-corrected chi connectivity index (χ4v) is 3.20. The smallest absolute Gasteiger partial charge is 0.134 e. The summed E-state index contributed by atoms with van der Waals surface area (Å²) in [5.74, 6) is 2.85. The van der Waals surface area contributed by atoms with Gasteiger partial charge < -0.3 is 10.2 Å². The Balaban J connectivity index is 1.64. The molecule has 1 atom stereocenters. The lowest BCUT2D eigenvalue weighted by Gasteiger charge is -2.36. The predicted octanol–water partition coefficient (Wildman–Crippen LogP) is 3.31. The van der Waals surface area contributed by atoms with Gasteiger partial charge in [-0.2, -0.15) is 0 Å². The number of nitrogens with one attached hydrogen (secondary N) is 1. The van der Waals surface area contributed by atoms with E-state index in [2.05, 4.69) is 57.4 Å². The quantitative estimate of drug-likeness (QED) is 0.943. The minimum Gasteiger partial charge on any atom is -0.367 e. The monoisotopic (exact) mass is 294 g/mol. The van der Waals surface area contributed by atoms with Gasteiger partial charge in [0.2, 0.25) is 0 Å². The number of hydrogen-bond donors (Lipinski definition) is 1. The standard InChI is InChI=1S/C18H22N4/c1-12-9-14-5-3-4-6-15(14)11-22(12)18-10-17(19-13(2)20-18)21-16-7-8-16/h3-6,10,12,16H,7-9,11H2,1-2H3,(H,19,20,21)/t12-/m0/s1. The van der Waals surface area contributed by atoms with Gasteiger partial charge in [0.15, 0.2) is 0 Å². The van der Waals surface area contributed by atoms with Gasteiger partial charge in [-0.25, -0.2) is 9.97 Å². The van der Waals surface area contributed by atoms with E-state index in [0.717, 1.165) is 30.4 Å². The number of rotatable bonds is 3. The van der Waals surface area contributed by atoms with Crippen LogP contribution in [0.5, 0.6) is 0 Å². The molecule has 0 amide bonds. The maximum absolute atomic E-state index is 4.68. The Bertz CT molecular complexity index is 693. The maximum Gasteiger partial charge on any atom is 0.134 e. The molecular weight excluding hydrogens is 272 g/mol. The summed E-state index contributed by atoms with van der Waals surface area (Å²) >= 11 is 0. The minimum atomic E-state index is 0.456. The van der Waals surface area contributed by atoms with Crippen molar-refractivity contribution in [3.63, 3.8) is 0 Å². The van der Waals surface area contributed by atoms with Crippen LogP contribution in [0.3, 0.4) is 0 Å². The third kappa shape index (κ3) is 2.65. The number of benzene rings is 1. The molecule has 0 bridgehead atoms. The van der Waals surface area contributed by atoms with E-state index in [-0.39, 0.29) is 0 Å². The van der Waals surface area contributed by atoms with E-state index in [1.807, 2.05) is 6.92 Å². The van der Waals surface area contributed by atoms with Crippen LogP contribution in [0.25, 0.3) is 0 Å². The van der Waals surface area contributed by atoms with Crippen LogP contribution in [0.2, 0.25) is 0 Å². The summed E-state index contributed by atoms with van der Waals surface area (Å²) in [5, 5.41) is 3.49. The normalized spacial score (nSPS) is 20.6. The molecule has 4 heteroatoms. The van der Waals surface area contributed by atoms with Gasteiger partial charge in [-0.1, -0.05) is 24.3 Å². The van der Waals surface area contributed by atoms with Gasteiger partial charge in [-0.15, -0.1) is 0 Å². The van der Waals surface area contributed by atoms with Crippen LogP contribution in [-0.2, 0) is 13.0 Å². The Hall–Kier alpha value is -2.10. The molecule has 1 aliphatic heterocycles. The Kier molecular flexibility index (Phi) is 3.25. The van der Waals surface area contributed by atoms with Crippen molar-refractivity contribution in [2.75, 3.05) is 10.2 Å². The molecule has 2 heterocycles. The lowest BCUT2D eigenvalue weighted by Crippen LogP contribution is -2.39. The van der Waals surface area contributed by atoms with Crippen molar-refractivity contribution in [2.24, 2.45) is 0 Å². The second-order valence-electron chi connectivity index (χ2n) is 6.53. The van der Waals surface area contributed by atoms with Crippen LogP contribution in [0, 0.1) is 6.92 Å².